The van der Waals surface area contributed by atoms with E-state index in [-0.39, 0.29) is 11.1 Å². The van der Waals surface area contributed by atoms with Crippen LogP contribution in [-0.4, -0.2) is 25.0 Å². The van der Waals surface area contributed by atoms with Gasteiger partial charge in [0.15, 0.2) is 0 Å². The maximum absolute atomic E-state index is 11.4. The van der Waals surface area contributed by atoms with Crippen LogP contribution in [0.5, 0.6) is 0 Å². The predicted molar refractivity (Wildman–Crippen MR) is 56.9 cm³/mol. The van der Waals surface area contributed by atoms with Crippen molar-refractivity contribution in [2.75, 3.05) is 19.4 Å². The van der Waals surface area contributed by atoms with Crippen molar-refractivity contribution < 1.29 is 4.79 Å². The number of nitrogens with one attached hydrogen (secondary N) is 2. The van der Waals surface area contributed by atoms with Gasteiger partial charge in [-0.2, -0.15) is 0 Å². The van der Waals surface area contributed by atoms with Crippen LogP contribution in [-0.2, 0) is 0 Å². The molecule has 0 fully saturated rings. The molecule has 0 spiro atoms. The van der Waals surface area contributed by atoms with E-state index in [1.165, 1.54) is 0 Å². The third kappa shape index (κ3) is 1.96. The van der Waals surface area contributed by atoms with Gasteiger partial charge < -0.3 is 10.6 Å². The Morgan fingerprint density at radius 3 is 2.64 bits per heavy atom. The van der Waals surface area contributed by atoms with Crippen molar-refractivity contribution in [3.8, 4) is 0 Å². The van der Waals surface area contributed by atoms with E-state index in [9.17, 15) is 4.79 Å². The Kier molecular flexibility index (Phi) is 3.30. The van der Waals surface area contributed by atoms with Crippen molar-refractivity contribution in [1.82, 2.24) is 10.3 Å². The molecule has 0 radical (unpaired) electrons. The highest BCUT2D eigenvalue weighted by molar-refractivity contribution is 6.33. The van der Waals surface area contributed by atoms with E-state index in [0.29, 0.717) is 11.3 Å². The molecule has 0 saturated heterocycles. The fraction of sp³-hybridized carbons (Fsp3) is 0.333. The molecule has 76 valence electrons. The molecular formula is C9H12ClN3O. The number of nitrogens with zero attached hydrogens (tertiary/aromatic N) is 1. The number of amides is 1. The number of rotatable bonds is 2. The van der Waals surface area contributed by atoms with Crippen molar-refractivity contribution in [2.45, 2.75) is 6.92 Å². The molecule has 1 heterocycles. The molecule has 0 saturated carbocycles. The second-order valence-electron chi connectivity index (χ2n) is 2.81. The van der Waals surface area contributed by atoms with Gasteiger partial charge in [0.25, 0.3) is 5.91 Å². The van der Waals surface area contributed by atoms with E-state index in [1.807, 2.05) is 6.92 Å². The topological polar surface area (TPSA) is 54.0 Å². The minimum atomic E-state index is -0.244. The molecular weight excluding hydrogens is 202 g/mol. The van der Waals surface area contributed by atoms with E-state index in [2.05, 4.69) is 15.6 Å². The lowest BCUT2D eigenvalue weighted by Gasteiger charge is -2.09. The van der Waals surface area contributed by atoms with E-state index in [4.69, 9.17) is 11.6 Å². The number of hydrogen-bond acceptors (Lipinski definition) is 3. The van der Waals surface area contributed by atoms with Gasteiger partial charge in [-0.3, -0.25) is 4.79 Å². The van der Waals surface area contributed by atoms with E-state index in [0.717, 1.165) is 5.69 Å². The second kappa shape index (κ2) is 4.28. The summed E-state index contributed by atoms with van der Waals surface area (Å²) in [6, 6.07) is 1.77. The fourth-order valence-corrected chi connectivity index (χ4v) is 1.49. The number of aryl methyl sites for hydroxylation is 1. The van der Waals surface area contributed by atoms with E-state index < -0.39 is 0 Å². The highest BCUT2D eigenvalue weighted by Crippen LogP contribution is 2.23. The van der Waals surface area contributed by atoms with Gasteiger partial charge in [0.1, 0.15) is 5.15 Å². The highest BCUT2D eigenvalue weighted by Gasteiger charge is 2.15. The number of pyridine rings is 1. The molecule has 0 aromatic carbocycles. The van der Waals surface area contributed by atoms with Crippen LogP contribution >= 0.6 is 11.6 Å². The Balaban J connectivity index is 3.32. The second-order valence-corrected chi connectivity index (χ2v) is 3.16. The van der Waals surface area contributed by atoms with Gasteiger partial charge in [0.05, 0.1) is 11.3 Å². The molecule has 1 aromatic heterocycles. The number of hydrogen-bond donors (Lipinski definition) is 2. The van der Waals surface area contributed by atoms with Gasteiger partial charge >= 0.3 is 0 Å². The Morgan fingerprint density at radius 1 is 1.50 bits per heavy atom. The van der Waals surface area contributed by atoms with Crippen LogP contribution in [0.2, 0.25) is 5.15 Å². The largest absolute Gasteiger partial charge is 0.387 e. The average Bonchev–Trinajstić information content (AvgIpc) is 2.15. The van der Waals surface area contributed by atoms with Gasteiger partial charge in [-0.05, 0) is 13.0 Å². The summed E-state index contributed by atoms with van der Waals surface area (Å²) in [6.07, 6.45) is 0. The van der Waals surface area contributed by atoms with Crippen LogP contribution in [0.1, 0.15) is 16.1 Å². The van der Waals surface area contributed by atoms with Gasteiger partial charge in [0, 0.05) is 19.8 Å². The Labute approximate surface area is 87.7 Å². The van der Waals surface area contributed by atoms with Crippen molar-refractivity contribution in [1.29, 1.82) is 0 Å². The normalized spacial score (nSPS) is 9.71. The van der Waals surface area contributed by atoms with Gasteiger partial charge in [-0.15, -0.1) is 0 Å². The third-order valence-electron chi connectivity index (χ3n) is 1.83. The van der Waals surface area contributed by atoms with Crippen LogP contribution in [0.25, 0.3) is 0 Å². The molecule has 0 atom stereocenters. The molecule has 4 nitrogen and oxygen atoms in total. The molecule has 14 heavy (non-hydrogen) atoms. The van der Waals surface area contributed by atoms with E-state index in [1.54, 1.807) is 20.2 Å². The lowest BCUT2D eigenvalue weighted by Crippen LogP contribution is -2.20. The highest BCUT2D eigenvalue weighted by atomic mass is 35.5. The maximum atomic E-state index is 11.4. The lowest BCUT2D eigenvalue weighted by atomic mass is 10.2. The minimum absolute atomic E-state index is 0.216. The Bertz CT molecular complexity index is 365. The molecule has 5 heteroatoms. The van der Waals surface area contributed by atoms with Crippen molar-refractivity contribution in [3.05, 3.63) is 22.5 Å². The summed E-state index contributed by atoms with van der Waals surface area (Å²) in [5, 5.41) is 5.64. The van der Waals surface area contributed by atoms with Crippen LogP contribution in [0.15, 0.2) is 6.07 Å². The predicted octanol–water partition coefficient (Wildman–Crippen LogP) is 1.44. The van der Waals surface area contributed by atoms with Crippen LogP contribution in [0.4, 0.5) is 5.69 Å². The van der Waals surface area contributed by atoms with Crippen molar-refractivity contribution in [2.24, 2.45) is 0 Å². The van der Waals surface area contributed by atoms with Crippen molar-refractivity contribution in [3.63, 3.8) is 0 Å². The van der Waals surface area contributed by atoms with Crippen LogP contribution < -0.4 is 10.6 Å². The summed E-state index contributed by atoms with van der Waals surface area (Å²) < 4.78 is 0. The molecule has 0 aliphatic heterocycles. The summed E-state index contributed by atoms with van der Waals surface area (Å²) in [4.78, 5) is 15.5. The van der Waals surface area contributed by atoms with Gasteiger partial charge in [-0.1, -0.05) is 11.6 Å². The summed E-state index contributed by atoms with van der Waals surface area (Å²) in [7, 11) is 3.29. The lowest BCUT2D eigenvalue weighted by molar-refractivity contribution is 0.0963. The molecule has 0 bridgehead atoms. The summed E-state index contributed by atoms with van der Waals surface area (Å²) in [6.45, 7) is 1.82. The smallest absolute Gasteiger partial charge is 0.256 e. The standard InChI is InChI=1S/C9H12ClN3O/c1-5-4-6(11-2)7(8(10)13-5)9(14)12-3/h4H,1-3H3,(H,11,13)(H,12,14). The summed E-state index contributed by atoms with van der Waals surface area (Å²) in [5.74, 6) is -0.244. The molecule has 1 rings (SSSR count). The Hall–Kier alpha value is -1.29. The van der Waals surface area contributed by atoms with Gasteiger partial charge in [-0.25, -0.2) is 4.98 Å². The zero-order chi connectivity index (χ0) is 10.7. The number of carbonyl (C=O) groups excluding carboxylic acids is 1. The molecule has 0 aliphatic rings. The quantitative estimate of drug-likeness (QED) is 0.732. The molecule has 2 N–H and O–H groups in total. The monoisotopic (exact) mass is 213 g/mol. The SMILES string of the molecule is CNC(=O)c1c(NC)cc(C)nc1Cl. The fourth-order valence-electron chi connectivity index (χ4n) is 1.17. The zero-order valence-corrected chi connectivity index (χ0v) is 9.07. The maximum Gasteiger partial charge on any atom is 0.256 e. The number of anilines is 1. The molecule has 1 aromatic rings. The summed E-state index contributed by atoms with van der Waals surface area (Å²) in [5.41, 5.74) is 1.83. The summed E-state index contributed by atoms with van der Waals surface area (Å²) >= 11 is 5.88. The van der Waals surface area contributed by atoms with Crippen molar-refractivity contribution >= 4 is 23.2 Å². The number of carbonyl (C=O) groups is 1. The molecule has 0 aliphatic carbocycles. The Morgan fingerprint density at radius 2 is 2.14 bits per heavy atom. The minimum Gasteiger partial charge on any atom is -0.387 e. The first-order valence-corrected chi connectivity index (χ1v) is 4.55. The average molecular weight is 214 g/mol. The first-order valence-electron chi connectivity index (χ1n) is 4.17. The van der Waals surface area contributed by atoms with Crippen LogP contribution in [0, 0.1) is 6.92 Å². The number of halogens is 1. The zero-order valence-electron chi connectivity index (χ0n) is 8.31. The van der Waals surface area contributed by atoms with E-state index >= 15 is 0 Å². The molecule has 0 unspecified atom stereocenters. The first-order chi connectivity index (χ1) is 6.60. The number of aromatic nitrogens is 1. The van der Waals surface area contributed by atoms with Gasteiger partial charge in [0.2, 0.25) is 0 Å². The third-order valence-corrected chi connectivity index (χ3v) is 2.10. The van der Waals surface area contributed by atoms with Crippen LogP contribution in [0.3, 0.4) is 0 Å². The first kappa shape index (κ1) is 10.8. The molecule has 1 amide bonds.